The maximum absolute atomic E-state index is 12.8. The molecule has 4 aromatic rings. The Morgan fingerprint density at radius 3 is 2.16 bits per heavy atom. The standard InChI is InChI=1S/C28H29N3O/c32-28(16-15-22-9-3-1-4-10-22)30-19-17-24(18-20-30)31-26-14-8-7-13-25(26)29-27(31)21-23-11-5-2-6-12-23/h1-14,24H,15-21H2. The van der Waals surface area contributed by atoms with Gasteiger partial charge in [0.15, 0.2) is 0 Å². The predicted octanol–water partition coefficient (Wildman–Crippen LogP) is 5.42. The van der Waals surface area contributed by atoms with Crippen LogP contribution in [0.2, 0.25) is 0 Å². The number of nitrogens with zero attached hydrogens (tertiary/aromatic N) is 3. The number of carbonyl (C=O) groups is 1. The molecule has 0 bridgehead atoms. The Bertz CT molecular complexity index is 1180. The van der Waals surface area contributed by atoms with Gasteiger partial charge in [0.1, 0.15) is 5.82 Å². The second kappa shape index (κ2) is 9.39. The average Bonchev–Trinajstić information content (AvgIpc) is 3.21. The van der Waals surface area contributed by atoms with E-state index in [4.69, 9.17) is 4.98 Å². The molecule has 1 aliphatic heterocycles. The number of hydrogen-bond donors (Lipinski definition) is 0. The number of rotatable bonds is 6. The summed E-state index contributed by atoms with van der Waals surface area (Å²) in [5.74, 6) is 1.39. The zero-order valence-electron chi connectivity index (χ0n) is 18.4. The number of fused-ring (bicyclic) bond motifs is 1. The Morgan fingerprint density at radius 2 is 1.44 bits per heavy atom. The third-order valence-electron chi connectivity index (χ3n) is 6.53. The molecule has 0 saturated carbocycles. The highest BCUT2D eigenvalue weighted by atomic mass is 16.2. The molecule has 1 aliphatic rings. The summed E-state index contributed by atoms with van der Waals surface area (Å²) in [5.41, 5.74) is 4.76. The second-order valence-corrected chi connectivity index (χ2v) is 8.65. The number of amides is 1. The van der Waals surface area contributed by atoms with Gasteiger partial charge in [0.25, 0.3) is 0 Å². The molecule has 162 valence electrons. The number of aromatic nitrogens is 2. The van der Waals surface area contributed by atoms with E-state index in [0.717, 1.165) is 50.1 Å². The van der Waals surface area contributed by atoms with Crippen LogP contribution in [0.4, 0.5) is 0 Å². The van der Waals surface area contributed by atoms with E-state index in [1.54, 1.807) is 0 Å². The fraction of sp³-hybridized carbons (Fsp3) is 0.286. The van der Waals surface area contributed by atoms with Gasteiger partial charge in [-0.2, -0.15) is 0 Å². The highest BCUT2D eigenvalue weighted by molar-refractivity contribution is 5.77. The molecule has 3 aromatic carbocycles. The normalized spacial score (nSPS) is 14.7. The minimum Gasteiger partial charge on any atom is -0.343 e. The minimum absolute atomic E-state index is 0.271. The Balaban J connectivity index is 1.29. The summed E-state index contributed by atoms with van der Waals surface area (Å²) in [5, 5.41) is 0. The number of piperidine rings is 1. The van der Waals surface area contributed by atoms with Crippen molar-refractivity contribution in [3.8, 4) is 0 Å². The number of likely N-dealkylation sites (tertiary alicyclic amines) is 1. The van der Waals surface area contributed by atoms with E-state index in [1.165, 1.54) is 16.6 Å². The summed E-state index contributed by atoms with van der Waals surface area (Å²) in [6, 6.07) is 29.6. The molecule has 32 heavy (non-hydrogen) atoms. The van der Waals surface area contributed by atoms with Crippen LogP contribution in [0.5, 0.6) is 0 Å². The quantitative estimate of drug-likeness (QED) is 0.415. The Labute approximate surface area is 189 Å². The molecule has 1 aromatic heterocycles. The molecule has 4 heteroatoms. The molecular weight excluding hydrogens is 394 g/mol. The highest BCUT2D eigenvalue weighted by Gasteiger charge is 2.26. The third-order valence-corrected chi connectivity index (χ3v) is 6.53. The van der Waals surface area contributed by atoms with Crippen molar-refractivity contribution in [2.75, 3.05) is 13.1 Å². The van der Waals surface area contributed by atoms with E-state index in [2.05, 4.69) is 76.2 Å². The molecule has 0 atom stereocenters. The Kier molecular flexibility index (Phi) is 6.02. The van der Waals surface area contributed by atoms with E-state index in [9.17, 15) is 4.79 Å². The number of para-hydroxylation sites is 2. The van der Waals surface area contributed by atoms with Crippen molar-refractivity contribution >= 4 is 16.9 Å². The van der Waals surface area contributed by atoms with E-state index in [0.29, 0.717) is 12.5 Å². The van der Waals surface area contributed by atoms with Crippen molar-refractivity contribution in [3.63, 3.8) is 0 Å². The van der Waals surface area contributed by atoms with Gasteiger partial charge >= 0.3 is 0 Å². The Hall–Kier alpha value is -3.40. The molecule has 0 radical (unpaired) electrons. The van der Waals surface area contributed by atoms with Crippen molar-refractivity contribution in [3.05, 3.63) is 102 Å². The fourth-order valence-corrected chi connectivity index (χ4v) is 4.83. The van der Waals surface area contributed by atoms with Crippen LogP contribution in [0, 0.1) is 0 Å². The van der Waals surface area contributed by atoms with Crippen LogP contribution in [0.15, 0.2) is 84.9 Å². The summed E-state index contributed by atoms with van der Waals surface area (Å²) in [6.45, 7) is 1.63. The first-order chi connectivity index (χ1) is 15.8. The smallest absolute Gasteiger partial charge is 0.222 e. The van der Waals surface area contributed by atoms with Crippen LogP contribution >= 0.6 is 0 Å². The molecular formula is C28H29N3O. The van der Waals surface area contributed by atoms with E-state index in [1.807, 2.05) is 18.2 Å². The summed E-state index contributed by atoms with van der Waals surface area (Å²) < 4.78 is 2.44. The molecule has 1 saturated heterocycles. The van der Waals surface area contributed by atoms with Crippen LogP contribution in [-0.2, 0) is 17.6 Å². The second-order valence-electron chi connectivity index (χ2n) is 8.65. The predicted molar refractivity (Wildman–Crippen MR) is 129 cm³/mol. The van der Waals surface area contributed by atoms with Crippen LogP contribution in [-0.4, -0.2) is 33.4 Å². The third kappa shape index (κ3) is 4.45. The summed E-state index contributed by atoms with van der Waals surface area (Å²) in [7, 11) is 0. The lowest BCUT2D eigenvalue weighted by Gasteiger charge is -2.34. The molecule has 2 heterocycles. The number of aryl methyl sites for hydroxylation is 1. The first kappa shape index (κ1) is 20.5. The molecule has 0 N–H and O–H groups in total. The first-order valence-corrected chi connectivity index (χ1v) is 11.6. The fourth-order valence-electron chi connectivity index (χ4n) is 4.83. The maximum Gasteiger partial charge on any atom is 0.222 e. The van der Waals surface area contributed by atoms with Crippen LogP contribution in [0.3, 0.4) is 0 Å². The molecule has 1 fully saturated rings. The lowest BCUT2D eigenvalue weighted by Crippen LogP contribution is -2.39. The van der Waals surface area contributed by atoms with Crippen molar-refractivity contribution in [1.82, 2.24) is 14.5 Å². The molecule has 5 rings (SSSR count). The molecule has 0 unspecified atom stereocenters. The largest absolute Gasteiger partial charge is 0.343 e. The van der Waals surface area contributed by atoms with Crippen molar-refractivity contribution < 1.29 is 4.79 Å². The van der Waals surface area contributed by atoms with Crippen LogP contribution in [0.25, 0.3) is 11.0 Å². The van der Waals surface area contributed by atoms with Crippen molar-refractivity contribution in [2.45, 2.75) is 38.1 Å². The van der Waals surface area contributed by atoms with Crippen LogP contribution < -0.4 is 0 Å². The van der Waals surface area contributed by atoms with Gasteiger partial charge in [-0.05, 0) is 42.5 Å². The van der Waals surface area contributed by atoms with Gasteiger partial charge in [0.2, 0.25) is 5.91 Å². The lowest BCUT2D eigenvalue weighted by molar-refractivity contribution is -0.132. The molecule has 4 nitrogen and oxygen atoms in total. The van der Waals surface area contributed by atoms with Gasteiger partial charge in [-0.1, -0.05) is 72.8 Å². The van der Waals surface area contributed by atoms with Gasteiger partial charge in [-0.15, -0.1) is 0 Å². The number of imidazole rings is 1. The molecule has 1 amide bonds. The van der Waals surface area contributed by atoms with E-state index < -0.39 is 0 Å². The van der Waals surface area contributed by atoms with E-state index >= 15 is 0 Å². The van der Waals surface area contributed by atoms with Gasteiger partial charge in [-0.25, -0.2) is 4.98 Å². The van der Waals surface area contributed by atoms with Crippen molar-refractivity contribution in [2.24, 2.45) is 0 Å². The molecule has 0 aliphatic carbocycles. The monoisotopic (exact) mass is 423 g/mol. The van der Waals surface area contributed by atoms with E-state index in [-0.39, 0.29) is 5.91 Å². The summed E-state index contributed by atoms with van der Waals surface area (Å²) in [6.07, 6.45) is 4.17. The lowest BCUT2D eigenvalue weighted by atomic mass is 10.0. The van der Waals surface area contributed by atoms with Crippen LogP contribution in [0.1, 0.15) is 42.3 Å². The SMILES string of the molecule is O=C(CCc1ccccc1)N1CCC(n2c(Cc3ccccc3)nc3ccccc32)CC1. The number of carbonyl (C=O) groups excluding carboxylic acids is 1. The van der Waals surface area contributed by atoms with Gasteiger partial charge in [0, 0.05) is 32.0 Å². The summed E-state index contributed by atoms with van der Waals surface area (Å²) >= 11 is 0. The number of benzene rings is 3. The Morgan fingerprint density at radius 1 is 0.812 bits per heavy atom. The highest BCUT2D eigenvalue weighted by Crippen LogP contribution is 2.30. The topological polar surface area (TPSA) is 38.1 Å². The minimum atomic E-state index is 0.271. The number of hydrogen-bond acceptors (Lipinski definition) is 2. The maximum atomic E-state index is 12.8. The first-order valence-electron chi connectivity index (χ1n) is 11.6. The zero-order chi connectivity index (χ0) is 21.8. The van der Waals surface area contributed by atoms with Gasteiger partial charge in [-0.3, -0.25) is 4.79 Å². The average molecular weight is 424 g/mol. The van der Waals surface area contributed by atoms with Gasteiger partial charge in [0.05, 0.1) is 11.0 Å². The van der Waals surface area contributed by atoms with Gasteiger partial charge < -0.3 is 9.47 Å². The summed E-state index contributed by atoms with van der Waals surface area (Å²) in [4.78, 5) is 19.8. The van der Waals surface area contributed by atoms with Crippen molar-refractivity contribution in [1.29, 1.82) is 0 Å². The molecule has 0 spiro atoms. The zero-order valence-corrected chi connectivity index (χ0v) is 18.4.